The molecule has 1 unspecified atom stereocenters. The summed E-state index contributed by atoms with van der Waals surface area (Å²) in [6.45, 7) is 3.86. The lowest BCUT2D eigenvalue weighted by Crippen LogP contribution is -2.46. The first-order valence-corrected chi connectivity index (χ1v) is 9.85. The smallest absolute Gasteiger partial charge is 0.257 e. The highest BCUT2D eigenvalue weighted by Gasteiger charge is 2.43. The van der Waals surface area contributed by atoms with E-state index in [2.05, 4.69) is 22.5 Å². The van der Waals surface area contributed by atoms with Crippen LogP contribution in [-0.4, -0.2) is 35.2 Å². The zero-order valence-corrected chi connectivity index (χ0v) is 17.3. The Labute approximate surface area is 176 Å². The molecule has 7 heteroatoms. The minimum absolute atomic E-state index is 0.0465. The molecule has 0 radical (unpaired) electrons. The van der Waals surface area contributed by atoms with Crippen molar-refractivity contribution in [2.75, 3.05) is 11.4 Å². The number of imide groups is 1. The fraction of sp³-hybridized carbons (Fsp3) is 0.190. The Morgan fingerprint density at radius 1 is 1.18 bits per heavy atom. The summed E-state index contributed by atoms with van der Waals surface area (Å²) < 4.78 is 0.846. The average Bonchev–Trinajstić information content (AvgIpc) is 2.96. The maximum absolute atomic E-state index is 13.0. The Morgan fingerprint density at radius 3 is 2.43 bits per heavy atom. The highest BCUT2D eigenvalue weighted by molar-refractivity contribution is 9.10. The fourth-order valence-electron chi connectivity index (χ4n) is 3.14. The van der Waals surface area contributed by atoms with Crippen molar-refractivity contribution in [2.45, 2.75) is 18.9 Å². The molecule has 0 aliphatic carbocycles. The van der Waals surface area contributed by atoms with E-state index in [-0.39, 0.29) is 31.2 Å². The number of hydrogen-bond donors (Lipinski definition) is 0. The third-order valence-electron chi connectivity index (χ3n) is 4.50. The topological polar surface area (TPSA) is 57.7 Å². The summed E-state index contributed by atoms with van der Waals surface area (Å²) in [6.07, 6.45) is 1.62. The highest BCUT2D eigenvalue weighted by atomic mass is 79.9. The lowest BCUT2D eigenvalue weighted by atomic mass is 10.1. The lowest BCUT2D eigenvalue weighted by molar-refractivity contribution is -0.137. The second-order valence-electron chi connectivity index (χ2n) is 6.40. The van der Waals surface area contributed by atoms with Gasteiger partial charge in [0, 0.05) is 16.0 Å². The van der Waals surface area contributed by atoms with Gasteiger partial charge in [0.2, 0.25) is 11.8 Å². The summed E-state index contributed by atoms with van der Waals surface area (Å²) in [5, 5.41) is 0.584. The molecule has 144 valence electrons. The van der Waals surface area contributed by atoms with E-state index in [1.54, 1.807) is 54.6 Å². The van der Waals surface area contributed by atoms with Crippen LogP contribution in [0.4, 0.5) is 5.69 Å². The van der Waals surface area contributed by atoms with Gasteiger partial charge < -0.3 is 4.90 Å². The summed E-state index contributed by atoms with van der Waals surface area (Å²) in [7, 11) is 0. The van der Waals surface area contributed by atoms with Gasteiger partial charge in [0.25, 0.3) is 5.91 Å². The zero-order valence-electron chi connectivity index (χ0n) is 15.0. The van der Waals surface area contributed by atoms with Crippen molar-refractivity contribution in [1.29, 1.82) is 0 Å². The maximum Gasteiger partial charge on any atom is 0.257 e. The molecular weight excluding hydrogens is 444 g/mol. The van der Waals surface area contributed by atoms with Gasteiger partial charge in [0.1, 0.15) is 6.04 Å². The van der Waals surface area contributed by atoms with Gasteiger partial charge >= 0.3 is 0 Å². The summed E-state index contributed by atoms with van der Waals surface area (Å²) in [4.78, 5) is 40.9. The van der Waals surface area contributed by atoms with Crippen LogP contribution in [0.25, 0.3) is 0 Å². The summed E-state index contributed by atoms with van der Waals surface area (Å²) >= 11 is 9.22. The van der Waals surface area contributed by atoms with Gasteiger partial charge in [-0.15, -0.1) is 6.58 Å². The van der Waals surface area contributed by atoms with E-state index >= 15 is 0 Å². The molecule has 0 N–H and O–H groups in total. The van der Waals surface area contributed by atoms with E-state index in [0.29, 0.717) is 10.7 Å². The Morgan fingerprint density at radius 2 is 1.82 bits per heavy atom. The molecule has 0 aromatic heterocycles. The molecule has 1 saturated heterocycles. The van der Waals surface area contributed by atoms with Crippen LogP contribution in [0.3, 0.4) is 0 Å². The van der Waals surface area contributed by atoms with E-state index < -0.39 is 11.9 Å². The summed E-state index contributed by atoms with van der Waals surface area (Å²) in [6, 6.07) is 13.0. The van der Waals surface area contributed by atoms with E-state index in [1.165, 1.54) is 4.90 Å². The molecule has 1 aliphatic heterocycles. The monoisotopic (exact) mass is 460 g/mol. The molecule has 0 bridgehead atoms. The number of rotatable bonds is 6. The minimum atomic E-state index is -0.839. The summed E-state index contributed by atoms with van der Waals surface area (Å²) in [5.74, 6) is -0.977. The van der Waals surface area contributed by atoms with Gasteiger partial charge in [0.05, 0.1) is 18.5 Å². The van der Waals surface area contributed by atoms with Crippen LogP contribution >= 0.6 is 27.5 Å². The standard InChI is InChI=1S/C21H18BrClN2O3/c1-2-11-24(19(26)12-14-3-7-16(23)8-4-14)18-13-20(27)25(21(18)28)17-9-5-15(22)6-10-17/h2-10,18H,1,11-13H2. The first-order valence-electron chi connectivity index (χ1n) is 8.68. The highest BCUT2D eigenvalue weighted by Crippen LogP contribution is 2.27. The Hall–Kier alpha value is -2.44. The number of halogens is 2. The Kier molecular flexibility index (Phi) is 6.31. The van der Waals surface area contributed by atoms with Gasteiger partial charge in [-0.05, 0) is 42.0 Å². The zero-order chi connectivity index (χ0) is 20.3. The Balaban J connectivity index is 1.81. The van der Waals surface area contributed by atoms with Crippen LogP contribution in [0.1, 0.15) is 12.0 Å². The molecule has 1 fully saturated rings. The van der Waals surface area contributed by atoms with Crippen molar-refractivity contribution in [3.05, 3.63) is 76.2 Å². The van der Waals surface area contributed by atoms with Gasteiger partial charge in [-0.2, -0.15) is 0 Å². The minimum Gasteiger partial charge on any atom is -0.326 e. The van der Waals surface area contributed by atoms with Crippen LogP contribution in [0, 0.1) is 0 Å². The maximum atomic E-state index is 13.0. The van der Waals surface area contributed by atoms with Crippen LogP contribution in [-0.2, 0) is 20.8 Å². The van der Waals surface area contributed by atoms with Gasteiger partial charge in [0.15, 0.2) is 0 Å². The first-order chi connectivity index (χ1) is 13.4. The SMILES string of the molecule is C=CCN(C(=O)Cc1ccc(Cl)cc1)C1CC(=O)N(c2ccc(Br)cc2)C1=O. The number of anilines is 1. The third-order valence-corrected chi connectivity index (χ3v) is 5.28. The van der Waals surface area contributed by atoms with E-state index in [1.807, 2.05) is 0 Å². The molecule has 28 heavy (non-hydrogen) atoms. The predicted molar refractivity (Wildman–Crippen MR) is 112 cm³/mol. The Bertz CT molecular complexity index is 912. The number of benzene rings is 2. The molecule has 5 nitrogen and oxygen atoms in total. The van der Waals surface area contributed by atoms with Gasteiger partial charge in [-0.25, -0.2) is 4.90 Å². The van der Waals surface area contributed by atoms with Crippen molar-refractivity contribution in [1.82, 2.24) is 4.90 Å². The van der Waals surface area contributed by atoms with Crippen molar-refractivity contribution >= 4 is 50.9 Å². The molecule has 2 aromatic rings. The van der Waals surface area contributed by atoms with Crippen LogP contribution in [0.5, 0.6) is 0 Å². The number of carbonyl (C=O) groups is 3. The molecular formula is C21H18BrClN2O3. The molecule has 0 saturated carbocycles. The van der Waals surface area contributed by atoms with Crippen LogP contribution in [0.15, 0.2) is 65.7 Å². The van der Waals surface area contributed by atoms with Crippen LogP contribution < -0.4 is 4.90 Å². The largest absolute Gasteiger partial charge is 0.326 e. The molecule has 1 atom stereocenters. The van der Waals surface area contributed by atoms with Gasteiger partial charge in [-0.3, -0.25) is 14.4 Å². The van der Waals surface area contributed by atoms with Crippen molar-refractivity contribution < 1.29 is 14.4 Å². The second kappa shape index (κ2) is 8.71. The fourth-order valence-corrected chi connectivity index (χ4v) is 3.53. The molecule has 0 spiro atoms. The van der Waals surface area contributed by atoms with E-state index in [9.17, 15) is 14.4 Å². The number of amides is 3. The van der Waals surface area contributed by atoms with Gasteiger partial charge in [-0.1, -0.05) is 45.7 Å². The summed E-state index contributed by atoms with van der Waals surface area (Å²) in [5.41, 5.74) is 1.27. The van der Waals surface area contributed by atoms with Crippen molar-refractivity contribution in [3.8, 4) is 0 Å². The second-order valence-corrected chi connectivity index (χ2v) is 7.75. The average molecular weight is 462 g/mol. The lowest BCUT2D eigenvalue weighted by Gasteiger charge is -2.26. The van der Waals surface area contributed by atoms with Crippen molar-refractivity contribution in [2.24, 2.45) is 0 Å². The molecule has 1 heterocycles. The number of nitrogens with zero attached hydrogens (tertiary/aromatic N) is 2. The normalized spacial score (nSPS) is 16.4. The molecule has 1 aliphatic rings. The number of hydrogen-bond acceptors (Lipinski definition) is 3. The molecule has 3 rings (SSSR count). The molecule has 2 aromatic carbocycles. The number of carbonyl (C=O) groups excluding carboxylic acids is 3. The first kappa shape index (κ1) is 20.3. The molecule has 3 amide bonds. The van der Waals surface area contributed by atoms with E-state index in [4.69, 9.17) is 11.6 Å². The third kappa shape index (κ3) is 4.34. The van der Waals surface area contributed by atoms with Crippen LogP contribution in [0.2, 0.25) is 5.02 Å². The predicted octanol–water partition coefficient (Wildman–Crippen LogP) is 3.99. The quantitative estimate of drug-likeness (QED) is 0.483. The van der Waals surface area contributed by atoms with Crippen molar-refractivity contribution in [3.63, 3.8) is 0 Å². The van der Waals surface area contributed by atoms with E-state index in [0.717, 1.165) is 14.9 Å².